The largest absolute Gasteiger partial charge is 0.481 e. The van der Waals surface area contributed by atoms with Crippen LogP contribution >= 0.6 is 0 Å². The van der Waals surface area contributed by atoms with Gasteiger partial charge in [-0.2, -0.15) is 5.26 Å². The van der Waals surface area contributed by atoms with Gasteiger partial charge >= 0.3 is 5.97 Å². The summed E-state index contributed by atoms with van der Waals surface area (Å²) in [4.78, 5) is 26.7. The van der Waals surface area contributed by atoms with Crippen molar-refractivity contribution in [1.82, 2.24) is 0 Å². The fourth-order valence-corrected chi connectivity index (χ4v) is 10.9. The highest BCUT2D eigenvalue weighted by Gasteiger charge is 2.70. The molecule has 9 atom stereocenters. The Balaban J connectivity index is 1.54. The Morgan fingerprint density at radius 1 is 1.03 bits per heavy atom. The lowest BCUT2D eigenvalue weighted by molar-refractivity contribution is -0.209. The van der Waals surface area contributed by atoms with E-state index in [-0.39, 0.29) is 45.0 Å². The molecule has 4 fully saturated rings. The van der Waals surface area contributed by atoms with Crippen LogP contribution in [0.2, 0.25) is 0 Å². The summed E-state index contributed by atoms with van der Waals surface area (Å²) in [6.45, 7) is 16.6. The van der Waals surface area contributed by atoms with Crippen molar-refractivity contribution in [2.45, 2.75) is 119 Å². The number of ketones is 1. The smallest absolute Gasteiger partial charge is 0.309 e. The van der Waals surface area contributed by atoms with Crippen molar-refractivity contribution in [3.8, 4) is 6.07 Å². The molecule has 5 nitrogen and oxygen atoms in total. The number of aliphatic carboxylic acids is 1. The minimum Gasteiger partial charge on any atom is -0.481 e. The van der Waals surface area contributed by atoms with Crippen LogP contribution in [0, 0.1) is 61.6 Å². The van der Waals surface area contributed by atoms with Gasteiger partial charge in [0.15, 0.2) is 5.78 Å². The van der Waals surface area contributed by atoms with Gasteiger partial charge in [0.25, 0.3) is 0 Å². The van der Waals surface area contributed by atoms with E-state index in [4.69, 9.17) is 10.00 Å². The maximum Gasteiger partial charge on any atom is 0.309 e. The molecule has 5 rings (SSSR count). The molecule has 0 saturated heterocycles. The molecule has 0 aromatic carbocycles. The number of ether oxygens (including phenoxy) is 1. The molecule has 0 spiro atoms. The van der Waals surface area contributed by atoms with Gasteiger partial charge in [0.2, 0.25) is 0 Å². The summed E-state index contributed by atoms with van der Waals surface area (Å²) in [5.74, 6) is 0.112. The fraction of sp³-hybridized carbons (Fsp3) is 0.848. The second-order valence-electron chi connectivity index (χ2n) is 15.7. The van der Waals surface area contributed by atoms with Crippen LogP contribution in [0.25, 0.3) is 0 Å². The zero-order valence-electron chi connectivity index (χ0n) is 24.8. The number of rotatable bonds is 4. The third kappa shape index (κ3) is 3.57. The van der Waals surface area contributed by atoms with Crippen LogP contribution in [-0.4, -0.2) is 29.6 Å². The predicted octanol–water partition coefficient (Wildman–Crippen LogP) is 7.35. The van der Waals surface area contributed by atoms with Crippen LogP contribution in [0.1, 0.15) is 113 Å². The Morgan fingerprint density at radius 2 is 1.71 bits per heavy atom. The minimum absolute atomic E-state index is 0.0272. The Bertz CT molecular complexity index is 1100. The molecular weight excluding hydrogens is 474 g/mol. The van der Waals surface area contributed by atoms with Crippen LogP contribution < -0.4 is 0 Å². The average Bonchev–Trinajstić information content (AvgIpc) is 2.83. The van der Waals surface area contributed by atoms with E-state index in [1.54, 1.807) is 0 Å². The molecule has 5 aliphatic carbocycles. The van der Waals surface area contributed by atoms with Crippen molar-refractivity contribution in [2.24, 2.45) is 50.2 Å². The van der Waals surface area contributed by atoms with E-state index >= 15 is 0 Å². The van der Waals surface area contributed by atoms with Crippen LogP contribution in [-0.2, 0) is 14.3 Å². The summed E-state index contributed by atoms with van der Waals surface area (Å²) >= 11 is 0. The van der Waals surface area contributed by atoms with Gasteiger partial charge in [-0.15, -0.1) is 0 Å². The number of nitrogens with zero attached hydrogens (tertiary/aromatic N) is 1. The summed E-state index contributed by atoms with van der Waals surface area (Å²) in [5, 5.41) is 19.1. The molecule has 0 radical (unpaired) electrons. The molecule has 0 amide bonds. The monoisotopic (exact) mass is 523 g/mol. The van der Waals surface area contributed by atoms with E-state index < -0.39 is 11.4 Å². The lowest BCUT2D eigenvalue weighted by atomic mass is 9.33. The average molecular weight is 524 g/mol. The van der Waals surface area contributed by atoms with Crippen molar-refractivity contribution in [3.05, 3.63) is 11.6 Å². The lowest BCUT2D eigenvalue weighted by Gasteiger charge is -2.70. The van der Waals surface area contributed by atoms with Gasteiger partial charge in [-0.25, -0.2) is 0 Å². The van der Waals surface area contributed by atoms with Gasteiger partial charge < -0.3 is 9.84 Å². The van der Waals surface area contributed by atoms with Crippen molar-refractivity contribution >= 4 is 11.8 Å². The number of carboxylic acids is 1. The first kappa shape index (κ1) is 27.9. The number of nitriles is 1. The van der Waals surface area contributed by atoms with E-state index in [2.05, 4.69) is 47.6 Å². The van der Waals surface area contributed by atoms with Gasteiger partial charge in [-0.3, -0.25) is 9.59 Å². The summed E-state index contributed by atoms with van der Waals surface area (Å²) < 4.78 is 6.27. The predicted molar refractivity (Wildman–Crippen MR) is 147 cm³/mol. The van der Waals surface area contributed by atoms with Crippen molar-refractivity contribution in [1.29, 1.82) is 5.26 Å². The highest BCUT2D eigenvalue weighted by atomic mass is 16.5. The lowest BCUT2D eigenvalue weighted by Crippen LogP contribution is -2.66. The van der Waals surface area contributed by atoms with Crippen molar-refractivity contribution in [3.63, 3.8) is 0 Å². The number of fused-ring (bicyclic) bond motifs is 7. The van der Waals surface area contributed by atoms with Crippen LogP contribution in [0.3, 0.4) is 0 Å². The summed E-state index contributed by atoms with van der Waals surface area (Å²) in [5.41, 5.74) is 0.237. The molecule has 5 aliphatic rings. The molecule has 0 bridgehead atoms. The molecule has 0 unspecified atom stereocenters. The summed E-state index contributed by atoms with van der Waals surface area (Å²) in [6, 6.07) is 2.20. The number of allylic oxidation sites excluding steroid dienone is 2. The molecule has 4 saturated carbocycles. The standard InChI is InChI=1S/C33H49NO4/c1-28(2)24-9-12-33(7)26(31(24,5)11-10-25(28)38-18-8-17-34)23(35)19-21-22-20-30(4,27(36)37)14-13-29(22,3)15-16-32(21,33)6/h19,22,24-26H,8-16,18,20H2,1-7H3,(H,36,37)/t22-,24-,25-,26+,29+,30-,31-,32+,33+/m0/s1. The highest BCUT2D eigenvalue weighted by molar-refractivity contribution is 5.95. The molecular formula is C33H49NO4. The van der Waals surface area contributed by atoms with E-state index in [0.29, 0.717) is 31.1 Å². The third-order valence-electron chi connectivity index (χ3n) is 13.6. The second kappa shape index (κ2) is 8.66. The quantitative estimate of drug-likeness (QED) is 0.389. The van der Waals surface area contributed by atoms with E-state index in [9.17, 15) is 14.7 Å². The Morgan fingerprint density at radius 3 is 2.37 bits per heavy atom. The number of carbonyl (C=O) groups is 2. The minimum atomic E-state index is -0.721. The maximum atomic E-state index is 14.4. The SMILES string of the molecule is CC1(C)[C@@H](OCCC#N)CC[C@]2(C)[C@H]3C(=O)C=C4[C@@H]5C[C@@](C)(C(=O)O)CC[C@]5(C)CC[C@@]4(C)[C@]3(C)CC[C@@H]12. The fourth-order valence-electron chi connectivity index (χ4n) is 10.9. The summed E-state index contributed by atoms with van der Waals surface area (Å²) in [6.07, 6.45) is 11.1. The first-order valence-corrected chi connectivity index (χ1v) is 15.1. The number of carbonyl (C=O) groups excluding carboxylic acids is 1. The van der Waals surface area contributed by atoms with Crippen molar-refractivity contribution in [2.75, 3.05) is 6.61 Å². The zero-order chi connectivity index (χ0) is 27.9. The van der Waals surface area contributed by atoms with E-state index in [1.165, 1.54) is 5.57 Å². The normalized spacial score (nSPS) is 49.4. The van der Waals surface area contributed by atoms with Gasteiger partial charge in [-0.05, 0) is 110 Å². The van der Waals surface area contributed by atoms with Crippen LogP contribution in [0.4, 0.5) is 0 Å². The van der Waals surface area contributed by atoms with Crippen LogP contribution in [0.5, 0.6) is 0 Å². The number of hydrogen-bond donors (Lipinski definition) is 1. The molecule has 0 aromatic rings. The van der Waals surface area contributed by atoms with E-state index in [1.807, 2.05) is 13.0 Å². The molecule has 210 valence electrons. The third-order valence-corrected chi connectivity index (χ3v) is 13.6. The summed E-state index contributed by atoms with van der Waals surface area (Å²) in [7, 11) is 0. The Kier molecular flexibility index (Phi) is 6.36. The topological polar surface area (TPSA) is 87.4 Å². The Hall–Kier alpha value is -1.67. The number of carboxylic acid groups (broad SMARTS) is 1. The molecule has 0 heterocycles. The van der Waals surface area contributed by atoms with Gasteiger partial charge in [0.1, 0.15) is 0 Å². The van der Waals surface area contributed by atoms with Crippen molar-refractivity contribution < 1.29 is 19.4 Å². The first-order valence-electron chi connectivity index (χ1n) is 15.1. The maximum absolute atomic E-state index is 14.4. The van der Waals surface area contributed by atoms with Crippen LogP contribution in [0.15, 0.2) is 11.6 Å². The zero-order valence-corrected chi connectivity index (χ0v) is 24.8. The first-order chi connectivity index (χ1) is 17.6. The Labute approximate surface area is 229 Å². The van der Waals surface area contributed by atoms with Gasteiger partial charge in [0.05, 0.1) is 30.6 Å². The highest BCUT2D eigenvalue weighted by Crippen LogP contribution is 2.75. The molecule has 0 aromatic heterocycles. The molecule has 38 heavy (non-hydrogen) atoms. The molecule has 5 heteroatoms. The molecule has 1 N–H and O–H groups in total. The second-order valence-corrected chi connectivity index (χ2v) is 15.7. The van der Waals surface area contributed by atoms with Gasteiger partial charge in [-0.1, -0.05) is 47.1 Å². The number of hydrogen-bond acceptors (Lipinski definition) is 4. The van der Waals surface area contributed by atoms with Gasteiger partial charge in [0, 0.05) is 5.92 Å². The van der Waals surface area contributed by atoms with E-state index in [0.717, 1.165) is 51.4 Å². The molecule has 0 aliphatic heterocycles.